The van der Waals surface area contributed by atoms with Gasteiger partial charge in [-0.3, -0.25) is 4.99 Å². The summed E-state index contributed by atoms with van der Waals surface area (Å²) in [6.07, 6.45) is 2.17. The highest BCUT2D eigenvalue weighted by atomic mass is 127. The molecular formula is C22H32IN5O. The van der Waals surface area contributed by atoms with Gasteiger partial charge in [0.15, 0.2) is 5.96 Å². The van der Waals surface area contributed by atoms with Gasteiger partial charge < -0.3 is 20.3 Å². The van der Waals surface area contributed by atoms with E-state index in [0.717, 1.165) is 49.2 Å². The summed E-state index contributed by atoms with van der Waals surface area (Å²) in [7, 11) is 1.81. The maximum atomic E-state index is 5.91. The summed E-state index contributed by atoms with van der Waals surface area (Å²) in [6.45, 7) is 6.79. The molecule has 2 N–H and O–H groups in total. The van der Waals surface area contributed by atoms with Gasteiger partial charge in [0.25, 0.3) is 0 Å². The standard InChI is InChI=1S/C22H31N5O.HI/c1-17-8-7-11-21(25-17)27-14-12-19(13-15-27)26-22(23-3)24-16-18(2)28-20-9-5-4-6-10-20;/h4-11,18-19H,12-16H2,1-3H3,(H2,23,24,26);1H. The third-order valence-corrected chi connectivity index (χ3v) is 4.89. The number of aliphatic imine (C=N–C) groups is 1. The van der Waals surface area contributed by atoms with Crippen molar-refractivity contribution in [3.63, 3.8) is 0 Å². The number of nitrogens with zero attached hydrogens (tertiary/aromatic N) is 3. The van der Waals surface area contributed by atoms with E-state index < -0.39 is 0 Å². The zero-order chi connectivity index (χ0) is 19.8. The third-order valence-electron chi connectivity index (χ3n) is 4.89. The van der Waals surface area contributed by atoms with Crippen molar-refractivity contribution in [1.29, 1.82) is 0 Å². The number of nitrogens with one attached hydrogen (secondary N) is 2. The maximum Gasteiger partial charge on any atom is 0.191 e. The number of halogens is 1. The van der Waals surface area contributed by atoms with E-state index in [1.807, 2.05) is 50.4 Å². The van der Waals surface area contributed by atoms with E-state index in [9.17, 15) is 0 Å². The maximum absolute atomic E-state index is 5.91. The molecule has 2 heterocycles. The molecule has 29 heavy (non-hydrogen) atoms. The molecular weight excluding hydrogens is 477 g/mol. The second-order valence-electron chi connectivity index (χ2n) is 7.24. The van der Waals surface area contributed by atoms with E-state index in [1.54, 1.807) is 0 Å². The molecule has 1 aromatic carbocycles. The van der Waals surface area contributed by atoms with Crippen LogP contribution in [0.4, 0.5) is 5.82 Å². The average molecular weight is 509 g/mol. The summed E-state index contributed by atoms with van der Waals surface area (Å²) in [4.78, 5) is 11.4. The molecule has 1 fully saturated rings. The molecule has 3 rings (SSSR count). The lowest BCUT2D eigenvalue weighted by molar-refractivity contribution is 0.223. The van der Waals surface area contributed by atoms with Gasteiger partial charge in [0.1, 0.15) is 17.7 Å². The minimum Gasteiger partial charge on any atom is -0.489 e. The van der Waals surface area contributed by atoms with Crippen molar-refractivity contribution in [3.05, 3.63) is 54.2 Å². The Hall–Kier alpha value is -2.03. The number of guanidine groups is 1. The Morgan fingerprint density at radius 3 is 2.55 bits per heavy atom. The van der Waals surface area contributed by atoms with Gasteiger partial charge in [0.05, 0.1) is 6.54 Å². The summed E-state index contributed by atoms with van der Waals surface area (Å²) in [5, 5.41) is 6.92. The molecule has 0 saturated carbocycles. The fraction of sp³-hybridized carbons (Fsp3) is 0.455. The van der Waals surface area contributed by atoms with Crippen LogP contribution in [0.2, 0.25) is 0 Å². The predicted octanol–water partition coefficient (Wildman–Crippen LogP) is 3.61. The Bertz CT molecular complexity index is 763. The lowest BCUT2D eigenvalue weighted by Crippen LogP contribution is -2.50. The molecule has 6 nitrogen and oxygen atoms in total. The van der Waals surface area contributed by atoms with Crippen LogP contribution in [0, 0.1) is 6.92 Å². The number of anilines is 1. The number of ether oxygens (including phenoxy) is 1. The average Bonchev–Trinajstić information content (AvgIpc) is 2.72. The van der Waals surface area contributed by atoms with Crippen molar-refractivity contribution >= 4 is 35.8 Å². The first-order valence-electron chi connectivity index (χ1n) is 10.0. The Morgan fingerprint density at radius 2 is 1.90 bits per heavy atom. The van der Waals surface area contributed by atoms with Gasteiger partial charge in [-0.1, -0.05) is 24.3 Å². The fourth-order valence-corrected chi connectivity index (χ4v) is 3.36. The van der Waals surface area contributed by atoms with Gasteiger partial charge >= 0.3 is 0 Å². The normalized spacial score (nSPS) is 16.0. The highest BCUT2D eigenvalue weighted by molar-refractivity contribution is 14.0. The molecule has 158 valence electrons. The van der Waals surface area contributed by atoms with Crippen LogP contribution in [0.3, 0.4) is 0 Å². The Labute approximate surface area is 191 Å². The first-order chi connectivity index (χ1) is 13.6. The molecule has 7 heteroatoms. The van der Waals surface area contributed by atoms with Crippen LogP contribution < -0.4 is 20.3 Å². The van der Waals surface area contributed by atoms with Gasteiger partial charge in [-0.2, -0.15) is 0 Å². The minimum atomic E-state index is 0. The molecule has 1 unspecified atom stereocenters. The number of hydrogen-bond donors (Lipinski definition) is 2. The van der Waals surface area contributed by atoms with Crippen molar-refractivity contribution in [2.45, 2.75) is 38.8 Å². The Morgan fingerprint density at radius 1 is 1.17 bits per heavy atom. The van der Waals surface area contributed by atoms with Crippen LogP contribution in [0.1, 0.15) is 25.5 Å². The van der Waals surface area contributed by atoms with Crippen LogP contribution >= 0.6 is 24.0 Å². The molecule has 0 aliphatic carbocycles. The second-order valence-corrected chi connectivity index (χ2v) is 7.24. The van der Waals surface area contributed by atoms with Gasteiger partial charge in [-0.15, -0.1) is 24.0 Å². The van der Waals surface area contributed by atoms with E-state index >= 15 is 0 Å². The number of benzene rings is 1. The van der Waals surface area contributed by atoms with E-state index in [2.05, 4.69) is 44.6 Å². The van der Waals surface area contributed by atoms with E-state index in [-0.39, 0.29) is 30.1 Å². The quantitative estimate of drug-likeness (QED) is 0.354. The molecule has 0 radical (unpaired) electrons. The molecule has 0 spiro atoms. The number of pyridine rings is 1. The SMILES string of the molecule is CN=C(NCC(C)Oc1ccccc1)NC1CCN(c2cccc(C)n2)CC1.I. The van der Waals surface area contributed by atoms with Crippen molar-refractivity contribution in [2.24, 2.45) is 4.99 Å². The number of piperidine rings is 1. The van der Waals surface area contributed by atoms with Crippen molar-refractivity contribution in [2.75, 3.05) is 31.6 Å². The van der Waals surface area contributed by atoms with Gasteiger partial charge in [0.2, 0.25) is 0 Å². The molecule has 1 aromatic heterocycles. The number of para-hydroxylation sites is 1. The van der Waals surface area contributed by atoms with Crippen LogP contribution in [0.15, 0.2) is 53.5 Å². The molecule has 2 aromatic rings. The number of hydrogen-bond acceptors (Lipinski definition) is 4. The first-order valence-corrected chi connectivity index (χ1v) is 10.0. The highest BCUT2D eigenvalue weighted by Crippen LogP contribution is 2.18. The fourth-order valence-electron chi connectivity index (χ4n) is 3.36. The molecule has 1 aliphatic heterocycles. The lowest BCUT2D eigenvalue weighted by Gasteiger charge is -2.34. The zero-order valence-corrected chi connectivity index (χ0v) is 19.8. The summed E-state index contributed by atoms with van der Waals surface area (Å²) >= 11 is 0. The van der Waals surface area contributed by atoms with E-state index in [1.165, 1.54) is 0 Å². The third kappa shape index (κ3) is 7.38. The van der Waals surface area contributed by atoms with E-state index in [4.69, 9.17) is 4.74 Å². The first kappa shape index (κ1) is 23.3. The minimum absolute atomic E-state index is 0. The highest BCUT2D eigenvalue weighted by Gasteiger charge is 2.21. The smallest absolute Gasteiger partial charge is 0.191 e. The number of aryl methyl sites for hydroxylation is 1. The molecule has 1 saturated heterocycles. The van der Waals surface area contributed by atoms with Crippen molar-refractivity contribution in [3.8, 4) is 5.75 Å². The Kier molecular flexibility index (Phi) is 9.50. The van der Waals surface area contributed by atoms with Crippen LogP contribution in [0.25, 0.3) is 0 Å². The Balaban J connectivity index is 0.00000300. The number of rotatable bonds is 6. The van der Waals surface area contributed by atoms with Crippen LogP contribution in [-0.2, 0) is 0 Å². The predicted molar refractivity (Wildman–Crippen MR) is 131 cm³/mol. The van der Waals surface area contributed by atoms with Gasteiger partial charge in [-0.05, 0) is 51.0 Å². The molecule has 0 bridgehead atoms. The zero-order valence-electron chi connectivity index (χ0n) is 17.5. The topological polar surface area (TPSA) is 61.8 Å². The van der Waals surface area contributed by atoms with Crippen LogP contribution in [-0.4, -0.2) is 49.8 Å². The molecule has 1 aliphatic rings. The van der Waals surface area contributed by atoms with Crippen molar-refractivity contribution < 1.29 is 4.74 Å². The largest absolute Gasteiger partial charge is 0.489 e. The monoisotopic (exact) mass is 509 g/mol. The van der Waals surface area contributed by atoms with E-state index in [0.29, 0.717) is 12.6 Å². The van der Waals surface area contributed by atoms with Crippen molar-refractivity contribution in [1.82, 2.24) is 15.6 Å². The summed E-state index contributed by atoms with van der Waals surface area (Å²) in [6, 6.07) is 16.5. The molecule has 0 amide bonds. The molecule has 1 atom stereocenters. The second kappa shape index (κ2) is 11.8. The van der Waals surface area contributed by atoms with Crippen LogP contribution in [0.5, 0.6) is 5.75 Å². The lowest BCUT2D eigenvalue weighted by atomic mass is 10.1. The van der Waals surface area contributed by atoms with Gasteiger partial charge in [0, 0.05) is 31.9 Å². The summed E-state index contributed by atoms with van der Waals surface area (Å²) < 4.78 is 5.91. The summed E-state index contributed by atoms with van der Waals surface area (Å²) in [5.74, 6) is 2.79. The summed E-state index contributed by atoms with van der Waals surface area (Å²) in [5.41, 5.74) is 1.06. The van der Waals surface area contributed by atoms with Gasteiger partial charge in [-0.25, -0.2) is 4.98 Å². The number of aromatic nitrogens is 1.